The van der Waals surface area contributed by atoms with Gasteiger partial charge in [-0.2, -0.15) is 0 Å². The zero-order valence-electron chi connectivity index (χ0n) is 9.43. The van der Waals surface area contributed by atoms with E-state index < -0.39 is 0 Å². The van der Waals surface area contributed by atoms with Crippen molar-refractivity contribution in [1.82, 2.24) is 0 Å². The number of benzene rings is 1. The van der Waals surface area contributed by atoms with Crippen molar-refractivity contribution in [1.29, 1.82) is 0 Å². The minimum absolute atomic E-state index is 0. The third-order valence-corrected chi connectivity index (χ3v) is 3.01. The Balaban J connectivity index is 0.00000128. The average Bonchev–Trinajstić information content (AvgIpc) is 3.06. The minimum atomic E-state index is -0.0902. The second-order valence-corrected chi connectivity index (χ2v) is 4.11. The molecule has 4 heteroatoms. The van der Waals surface area contributed by atoms with Crippen molar-refractivity contribution in [2.45, 2.75) is 12.6 Å². The predicted octanol–water partition coefficient (Wildman–Crippen LogP) is 2.09. The summed E-state index contributed by atoms with van der Waals surface area (Å²) < 4.78 is 5.11. The molecule has 1 saturated carbocycles. The molecule has 90 valence electrons. The number of nitrogens with two attached hydrogens (primary N) is 1. The smallest absolute Gasteiger partial charge is 0.108 e. The van der Waals surface area contributed by atoms with E-state index in [0.29, 0.717) is 11.8 Å². The molecule has 1 aromatic carbocycles. The van der Waals surface area contributed by atoms with Gasteiger partial charge in [-0.3, -0.25) is 0 Å². The summed E-state index contributed by atoms with van der Waals surface area (Å²) in [6.07, 6.45) is 1.09. The number of ether oxygens (including phenoxy) is 1. The molecular weight excluding hydrogens is 224 g/mol. The largest absolute Gasteiger partial charge is 0.385 e. The van der Waals surface area contributed by atoms with Gasteiger partial charge in [0.1, 0.15) is 6.23 Å². The Kier molecular flexibility index (Phi) is 5.06. The molecule has 0 aromatic heterocycles. The highest BCUT2D eigenvalue weighted by Crippen LogP contribution is 2.40. The number of halogens is 1. The Hall–Kier alpha value is -0.770. The molecule has 16 heavy (non-hydrogen) atoms. The Morgan fingerprint density at radius 1 is 1.44 bits per heavy atom. The number of anilines is 1. The summed E-state index contributed by atoms with van der Waals surface area (Å²) in [5, 5.41) is 3.40. The Morgan fingerprint density at radius 3 is 2.75 bits per heavy atom. The first-order valence-corrected chi connectivity index (χ1v) is 5.38. The van der Waals surface area contributed by atoms with E-state index in [-0.39, 0.29) is 18.6 Å². The highest BCUT2D eigenvalue weighted by Gasteiger charge is 2.41. The summed E-state index contributed by atoms with van der Waals surface area (Å²) in [5.41, 5.74) is 6.96. The van der Waals surface area contributed by atoms with Gasteiger partial charge in [-0.05, 0) is 24.5 Å². The lowest BCUT2D eigenvalue weighted by Crippen LogP contribution is -2.26. The van der Waals surface area contributed by atoms with Crippen LogP contribution in [-0.4, -0.2) is 19.9 Å². The molecule has 0 aliphatic heterocycles. The fourth-order valence-corrected chi connectivity index (χ4v) is 1.89. The summed E-state index contributed by atoms with van der Waals surface area (Å²) in [5.74, 6) is 1.20. The first-order valence-electron chi connectivity index (χ1n) is 5.38. The van der Waals surface area contributed by atoms with E-state index in [1.54, 1.807) is 7.11 Å². The molecule has 0 amide bonds. The summed E-state index contributed by atoms with van der Waals surface area (Å²) in [4.78, 5) is 0. The molecule has 3 atom stereocenters. The van der Waals surface area contributed by atoms with Crippen molar-refractivity contribution in [2.75, 3.05) is 19.0 Å². The lowest BCUT2D eigenvalue weighted by molar-refractivity contribution is 0.0859. The number of hydrogen-bond donors (Lipinski definition) is 2. The van der Waals surface area contributed by atoms with Crippen LogP contribution in [0.3, 0.4) is 0 Å². The Bertz CT molecular complexity index is 307. The molecule has 0 heterocycles. The van der Waals surface area contributed by atoms with Crippen LogP contribution in [0, 0.1) is 11.8 Å². The van der Waals surface area contributed by atoms with Gasteiger partial charge >= 0.3 is 0 Å². The van der Waals surface area contributed by atoms with Gasteiger partial charge in [-0.1, -0.05) is 18.2 Å². The van der Waals surface area contributed by atoms with Crippen molar-refractivity contribution in [3.63, 3.8) is 0 Å². The van der Waals surface area contributed by atoms with Crippen molar-refractivity contribution in [2.24, 2.45) is 17.6 Å². The molecule has 1 aliphatic carbocycles. The SMILES string of the molecule is COC(N)C1CC1CNc1ccccc1.Cl. The van der Waals surface area contributed by atoms with E-state index in [4.69, 9.17) is 10.5 Å². The second kappa shape index (κ2) is 6.09. The average molecular weight is 243 g/mol. The van der Waals surface area contributed by atoms with Gasteiger partial charge in [0.2, 0.25) is 0 Å². The standard InChI is InChI=1S/C12H18N2O.ClH/c1-15-12(13)11-7-9(11)8-14-10-5-3-2-4-6-10;/h2-6,9,11-12,14H,7-8,13H2,1H3;1H. The van der Waals surface area contributed by atoms with Gasteiger partial charge in [0.05, 0.1) is 0 Å². The molecule has 1 fully saturated rings. The van der Waals surface area contributed by atoms with Crippen LogP contribution in [0.2, 0.25) is 0 Å². The number of para-hydroxylation sites is 1. The fraction of sp³-hybridized carbons (Fsp3) is 0.500. The van der Waals surface area contributed by atoms with Gasteiger partial charge < -0.3 is 15.8 Å². The molecule has 3 unspecified atom stereocenters. The molecule has 1 aliphatic rings. The lowest BCUT2D eigenvalue weighted by atomic mass is 10.2. The van der Waals surface area contributed by atoms with Crippen LogP contribution >= 0.6 is 12.4 Å². The lowest BCUT2D eigenvalue weighted by Gasteiger charge is -2.09. The second-order valence-electron chi connectivity index (χ2n) is 4.11. The highest BCUT2D eigenvalue weighted by molar-refractivity contribution is 5.85. The van der Waals surface area contributed by atoms with Crippen LogP contribution in [-0.2, 0) is 4.74 Å². The van der Waals surface area contributed by atoms with E-state index in [1.807, 2.05) is 18.2 Å². The molecular formula is C12H19ClN2O. The van der Waals surface area contributed by atoms with Gasteiger partial charge in [0, 0.05) is 25.3 Å². The van der Waals surface area contributed by atoms with E-state index in [9.17, 15) is 0 Å². The van der Waals surface area contributed by atoms with Gasteiger partial charge in [-0.15, -0.1) is 12.4 Å². The van der Waals surface area contributed by atoms with Crippen LogP contribution in [0.15, 0.2) is 30.3 Å². The maximum Gasteiger partial charge on any atom is 0.108 e. The van der Waals surface area contributed by atoms with Crippen LogP contribution in [0.4, 0.5) is 5.69 Å². The summed E-state index contributed by atoms with van der Waals surface area (Å²) in [6.45, 7) is 0.992. The third kappa shape index (κ3) is 3.37. The molecule has 0 radical (unpaired) electrons. The quantitative estimate of drug-likeness (QED) is 0.778. The van der Waals surface area contributed by atoms with Crippen LogP contribution in [0.1, 0.15) is 6.42 Å². The third-order valence-electron chi connectivity index (χ3n) is 3.01. The number of methoxy groups -OCH3 is 1. The maximum atomic E-state index is 5.79. The van der Waals surface area contributed by atoms with Gasteiger partial charge in [0.25, 0.3) is 0 Å². The van der Waals surface area contributed by atoms with Crippen LogP contribution in [0.5, 0.6) is 0 Å². The zero-order valence-corrected chi connectivity index (χ0v) is 10.2. The van der Waals surface area contributed by atoms with E-state index in [0.717, 1.165) is 6.54 Å². The van der Waals surface area contributed by atoms with E-state index >= 15 is 0 Å². The van der Waals surface area contributed by atoms with Crippen molar-refractivity contribution in [3.05, 3.63) is 30.3 Å². The summed E-state index contributed by atoms with van der Waals surface area (Å²) >= 11 is 0. The topological polar surface area (TPSA) is 47.3 Å². The fourth-order valence-electron chi connectivity index (χ4n) is 1.89. The monoisotopic (exact) mass is 242 g/mol. The molecule has 3 N–H and O–H groups in total. The number of nitrogens with one attached hydrogen (secondary N) is 1. The number of rotatable bonds is 5. The first kappa shape index (κ1) is 13.3. The molecule has 0 saturated heterocycles. The normalized spacial score (nSPS) is 24.4. The Labute approximate surface area is 103 Å². The van der Waals surface area contributed by atoms with Crippen LogP contribution < -0.4 is 11.1 Å². The van der Waals surface area contributed by atoms with E-state index in [1.165, 1.54) is 12.1 Å². The zero-order chi connectivity index (χ0) is 10.7. The summed E-state index contributed by atoms with van der Waals surface area (Å²) in [7, 11) is 1.67. The molecule has 1 aromatic rings. The van der Waals surface area contributed by atoms with Crippen molar-refractivity contribution in [3.8, 4) is 0 Å². The first-order chi connectivity index (χ1) is 7.31. The van der Waals surface area contributed by atoms with Crippen LogP contribution in [0.25, 0.3) is 0 Å². The van der Waals surface area contributed by atoms with Gasteiger partial charge in [0.15, 0.2) is 0 Å². The molecule has 2 rings (SSSR count). The van der Waals surface area contributed by atoms with Gasteiger partial charge in [-0.25, -0.2) is 0 Å². The molecule has 3 nitrogen and oxygen atoms in total. The molecule has 0 spiro atoms. The summed E-state index contributed by atoms with van der Waals surface area (Å²) in [6, 6.07) is 10.2. The Morgan fingerprint density at radius 2 is 2.12 bits per heavy atom. The van der Waals surface area contributed by atoms with E-state index in [2.05, 4.69) is 17.4 Å². The van der Waals surface area contributed by atoms with Crippen molar-refractivity contribution >= 4 is 18.1 Å². The van der Waals surface area contributed by atoms with Crippen molar-refractivity contribution < 1.29 is 4.74 Å². The predicted molar refractivity (Wildman–Crippen MR) is 68.8 cm³/mol. The maximum absolute atomic E-state index is 5.79. The highest BCUT2D eigenvalue weighted by atomic mass is 35.5. The number of hydrogen-bond acceptors (Lipinski definition) is 3. The molecule has 0 bridgehead atoms. The minimum Gasteiger partial charge on any atom is -0.385 e.